The van der Waals surface area contributed by atoms with Crippen LogP contribution in [0.25, 0.3) is 0 Å². The van der Waals surface area contributed by atoms with Crippen molar-refractivity contribution in [1.82, 2.24) is 9.88 Å². The molecule has 3 aliphatic rings. The molecular formula is C19H21N3O. The van der Waals surface area contributed by atoms with Gasteiger partial charge in [-0.3, -0.25) is 9.69 Å². The first kappa shape index (κ1) is 14.4. The van der Waals surface area contributed by atoms with Crippen molar-refractivity contribution in [2.24, 2.45) is 5.92 Å². The molecule has 1 atom stereocenters. The Hall–Kier alpha value is -2.20. The molecule has 0 aliphatic carbocycles. The Kier molecular flexibility index (Phi) is 3.83. The molecule has 1 aromatic heterocycles. The van der Waals surface area contributed by atoms with Crippen molar-refractivity contribution in [3.8, 4) is 0 Å². The molecule has 4 nitrogen and oxygen atoms in total. The summed E-state index contributed by atoms with van der Waals surface area (Å²) in [6, 6.07) is 15.6. The number of carbonyl (C=O) groups is 1. The second-order valence-corrected chi connectivity index (χ2v) is 6.43. The van der Waals surface area contributed by atoms with Gasteiger partial charge in [-0.05, 0) is 56.1 Å². The smallest absolute Gasteiger partial charge is 0.259 e. The van der Waals surface area contributed by atoms with E-state index >= 15 is 0 Å². The van der Waals surface area contributed by atoms with E-state index in [2.05, 4.69) is 9.88 Å². The molecule has 0 saturated carbocycles. The summed E-state index contributed by atoms with van der Waals surface area (Å²) in [5.74, 6) is 1.40. The van der Waals surface area contributed by atoms with Crippen LogP contribution in [0.4, 0.5) is 5.82 Å². The Labute approximate surface area is 136 Å². The highest BCUT2D eigenvalue weighted by Gasteiger charge is 2.40. The van der Waals surface area contributed by atoms with Gasteiger partial charge in [-0.25, -0.2) is 4.98 Å². The van der Waals surface area contributed by atoms with Crippen LogP contribution < -0.4 is 4.90 Å². The van der Waals surface area contributed by atoms with Gasteiger partial charge in [0.05, 0.1) is 6.04 Å². The molecule has 3 aliphatic heterocycles. The number of carbonyl (C=O) groups excluding carboxylic acids is 1. The molecule has 2 bridgehead atoms. The molecule has 0 spiro atoms. The first-order valence-corrected chi connectivity index (χ1v) is 8.35. The van der Waals surface area contributed by atoms with Gasteiger partial charge in [-0.1, -0.05) is 24.3 Å². The maximum absolute atomic E-state index is 13.2. The number of anilines is 1. The quantitative estimate of drug-likeness (QED) is 0.875. The monoisotopic (exact) mass is 307 g/mol. The highest BCUT2D eigenvalue weighted by atomic mass is 16.2. The molecular weight excluding hydrogens is 286 g/mol. The van der Waals surface area contributed by atoms with E-state index in [1.165, 1.54) is 12.8 Å². The van der Waals surface area contributed by atoms with Gasteiger partial charge in [0.1, 0.15) is 5.82 Å². The first-order chi connectivity index (χ1) is 11.3. The third kappa shape index (κ3) is 2.75. The average molecular weight is 307 g/mol. The van der Waals surface area contributed by atoms with Crippen LogP contribution in [-0.2, 0) is 0 Å². The van der Waals surface area contributed by atoms with Gasteiger partial charge in [0.2, 0.25) is 0 Å². The number of piperidine rings is 3. The number of fused-ring (bicyclic) bond motifs is 3. The Bertz CT molecular complexity index is 666. The van der Waals surface area contributed by atoms with Crippen LogP contribution in [0.1, 0.15) is 23.2 Å². The first-order valence-electron chi connectivity index (χ1n) is 8.35. The lowest BCUT2D eigenvalue weighted by molar-refractivity contribution is 0.0731. The minimum Gasteiger partial charge on any atom is -0.301 e. The Morgan fingerprint density at radius 3 is 2.39 bits per heavy atom. The number of amides is 1. The number of rotatable bonds is 3. The topological polar surface area (TPSA) is 36.4 Å². The normalized spacial score (nSPS) is 26.0. The maximum Gasteiger partial charge on any atom is 0.259 e. The lowest BCUT2D eigenvalue weighted by Crippen LogP contribution is -2.59. The van der Waals surface area contributed by atoms with Crippen LogP contribution in [0.2, 0.25) is 0 Å². The molecule has 4 heterocycles. The van der Waals surface area contributed by atoms with Crippen molar-refractivity contribution < 1.29 is 4.79 Å². The summed E-state index contributed by atoms with van der Waals surface area (Å²) >= 11 is 0. The molecule has 5 rings (SSSR count). The summed E-state index contributed by atoms with van der Waals surface area (Å²) in [7, 11) is 0. The van der Waals surface area contributed by atoms with Crippen molar-refractivity contribution in [1.29, 1.82) is 0 Å². The summed E-state index contributed by atoms with van der Waals surface area (Å²) in [5, 5.41) is 0. The predicted molar refractivity (Wildman–Crippen MR) is 90.4 cm³/mol. The number of nitrogens with zero attached hydrogens (tertiary/aromatic N) is 3. The Morgan fingerprint density at radius 1 is 1.04 bits per heavy atom. The number of hydrogen-bond acceptors (Lipinski definition) is 3. The van der Waals surface area contributed by atoms with Crippen molar-refractivity contribution in [3.63, 3.8) is 0 Å². The maximum atomic E-state index is 13.2. The van der Waals surface area contributed by atoms with Gasteiger partial charge in [0.25, 0.3) is 5.91 Å². The summed E-state index contributed by atoms with van der Waals surface area (Å²) in [5.41, 5.74) is 0.731. The van der Waals surface area contributed by atoms with Crippen LogP contribution in [0, 0.1) is 5.92 Å². The van der Waals surface area contributed by atoms with Gasteiger partial charge in [-0.2, -0.15) is 0 Å². The van der Waals surface area contributed by atoms with E-state index in [1.807, 2.05) is 53.4 Å². The summed E-state index contributed by atoms with van der Waals surface area (Å²) in [6.07, 6.45) is 4.12. The average Bonchev–Trinajstić information content (AvgIpc) is 2.64. The third-order valence-electron chi connectivity index (χ3n) is 5.09. The number of benzene rings is 1. The highest BCUT2D eigenvalue weighted by molar-refractivity contribution is 6.06. The van der Waals surface area contributed by atoms with E-state index < -0.39 is 0 Å². The van der Waals surface area contributed by atoms with Gasteiger partial charge in [-0.15, -0.1) is 0 Å². The predicted octanol–water partition coefficient (Wildman–Crippen LogP) is 2.82. The fourth-order valence-electron chi connectivity index (χ4n) is 3.87. The van der Waals surface area contributed by atoms with E-state index in [1.54, 1.807) is 6.20 Å². The lowest BCUT2D eigenvalue weighted by Gasteiger charge is -2.48. The second-order valence-electron chi connectivity index (χ2n) is 6.43. The van der Waals surface area contributed by atoms with Crippen molar-refractivity contribution in [3.05, 3.63) is 60.3 Å². The fourth-order valence-corrected chi connectivity index (χ4v) is 3.87. The van der Waals surface area contributed by atoms with Crippen LogP contribution in [0.3, 0.4) is 0 Å². The van der Waals surface area contributed by atoms with Crippen molar-refractivity contribution in [2.75, 3.05) is 24.5 Å². The standard InChI is InChI=1S/C19H21N3O/c23-19(16-6-2-1-3-7-16)22(18-8-4-5-11-20-18)17-14-21-12-9-15(17)10-13-21/h1-8,11,15,17H,9-10,12-14H2/t17-/m1/s1. The Morgan fingerprint density at radius 2 is 1.78 bits per heavy atom. The number of pyridine rings is 1. The molecule has 3 fully saturated rings. The molecule has 118 valence electrons. The van der Waals surface area contributed by atoms with Gasteiger partial charge in [0, 0.05) is 18.3 Å². The van der Waals surface area contributed by atoms with E-state index in [9.17, 15) is 4.79 Å². The van der Waals surface area contributed by atoms with E-state index in [4.69, 9.17) is 0 Å². The molecule has 1 aromatic carbocycles. The van der Waals surface area contributed by atoms with E-state index in [-0.39, 0.29) is 11.9 Å². The molecule has 1 amide bonds. The van der Waals surface area contributed by atoms with E-state index in [0.29, 0.717) is 5.92 Å². The number of hydrogen-bond donors (Lipinski definition) is 0. The zero-order valence-corrected chi connectivity index (χ0v) is 13.1. The second kappa shape index (κ2) is 6.13. The lowest BCUT2D eigenvalue weighted by atomic mass is 9.83. The number of aromatic nitrogens is 1. The SMILES string of the molecule is O=C(c1ccccc1)N(c1ccccn1)[C@@H]1CN2CCC1CC2. The highest BCUT2D eigenvalue weighted by Crippen LogP contribution is 2.33. The van der Waals surface area contributed by atoms with Gasteiger partial charge < -0.3 is 4.90 Å². The van der Waals surface area contributed by atoms with Crippen molar-refractivity contribution in [2.45, 2.75) is 18.9 Å². The molecule has 2 aromatic rings. The van der Waals surface area contributed by atoms with Crippen LogP contribution in [0.15, 0.2) is 54.7 Å². The zero-order chi connectivity index (χ0) is 15.6. The molecule has 0 N–H and O–H groups in total. The van der Waals surface area contributed by atoms with E-state index in [0.717, 1.165) is 31.0 Å². The van der Waals surface area contributed by atoms with Gasteiger partial charge >= 0.3 is 0 Å². The minimum atomic E-state index is 0.0584. The summed E-state index contributed by atoms with van der Waals surface area (Å²) in [6.45, 7) is 3.29. The molecule has 0 unspecified atom stereocenters. The third-order valence-corrected chi connectivity index (χ3v) is 5.09. The van der Waals surface area contributed by atoms with Crippen LogP contribution >= 0.6 is 0 Å². The summed E-state index contributed by atoms with van der Waals surface area (Å²) < 4.78 is 0. The van der Waals surface area contributed by atoms with Crippen molar-refractivity contribution >= 4 is 11.7 Å². The summed E-state index contributed by atoms with van der Waals surface area (Å²) in [4.78, 5) is 22.1. The van der Waals surface area contributed by atoms with Crippen LogP contribution in [-0.4, -0.2) is 41.5 Å². The molecule has 4 heteroatoms. The zero-order valence-electron chi connectivity index (χ0n) is 13.1. The minimum absolute atomic E-state index is 0.0584. The molecule has 3 saturated heterocycles. The fraction of sp³-hybridized carbons (Fsp3) is 0.368. The van der Waals surface area contributed by atoms with Gasteiger partial charge in [0.15, 0.2) is 0 Å². The van der Waals surface area contributed by atoms with Crippen LogP contribution in [0.5, 0.6) is 0 Å². The molecule has 23 heavy (non-hydrogen) atoms. The Balaban J connectivity index is 1.71. The largest absolute Gasteiger partial charge is 0.301 e. The molecule has 0 radical (unpaired) electrons.